The first-order valence-corrected chi connectivity index (χ1v) is 13.3. The zero-order valence-corrected chi connectivity index (χ0v) is 22.9. The number of anilines is 1. The van der Waals surface area contributed by atoms with Gasteiger partial charge in [0.1, 0.15) is 6.04 Å². The van der Waals surface area contributed by atoms with Crippen LogP contribution in [-0.4, -0.2) is 49.2 Å². The Labute approximate surface area is 213 Å². The second-order valence-electron chi connectivity index (χ2n) is 9.88. The third-order valence-electron chi connectivity index (χ3n) is 7.23. The van der Waals surface area contributed by atoms with Crippen LogP contribution < -0.4 is 4.90 Å². The lowest BCUT2D eigenvalue weighted by molar-refractivity contribution is -0.122. The number of rotatable bonds is 7. The molecule has 0 bridgehead atoms. The maximum absolute atomic E-state index is 14.3. The number of carbonyl (C=O) groups is 3. The third kappa shape index (κ3) is 4.57. The molecule has 2 aromatic carbocycles. The van der Waals surface area contributed by atoms with E-state index in [1.807, 2.05) is 26.8 Å². The molecule has 1 unspecified atom stereocenters. The number of ether oxygens (including phenoxy) is 1. The Bertz CT molecular complexity index is 1300. The molecule has 194 valence electrons. The van der Waals surface area contributed by atoms with Crippen LogP contribution in [0, 0.1) is 27.7 Å². The number of benzene rings is 2. The average molecular weight is 515 g/mol. The molecular formula is C27H34N2O6S. The van der Waals surface area contributed by atoms with Crippen LogP contribution in [0.3, 0.4) is 0 Å². The van der Waals surface area contributed by atoms with Gasteiger partial charge in [-0.1, -0.05) is 13.0 Å². The summed E-state index contributed by atoms with van der Waals surface area (Å²) < 4.78 is 34.6. The van der Waals surface area contributed by atoms with Crippen LogP contribution in [0.15, 0.2) is 35.2 Å². The maximum atomic E-state index is 14.3. The Balaban J connectivity index is 2.13. The van der Waals surface area contributed by atoms with Gasteiger partial charge < -0.3 is 4.74 Å². The molecule has 2 aromatic rings. The molecule has 0 radical (unpaired) electrons. The fraction of sp³-hybridized carbons (Fsp3) is 0.444. The quantitative estimate of drug-likeness (QED) is 0.405. The van der Waals surface area contributed by atoms with Gasteiger partial charge >= 0.3 is 5.97 Å². The Hall–Kier alpha value is -3.04. The van der Waals surface area contributed by atoms with Gasteiger partial charge in [0.2, 0.25) is 15.9 Å². The second-order valence-corrected chi connectivity index (χ2v) is 11.6. The van der Waals surface area contributed by atoms with Crippen LogP contribution in [0.2, 0.25) is 0 Å². The molecule has 8 nitrogen and oxygen atoms in total. The van der Waals surface area contributed by atoms with Crippen molar-refractivity contribution in [1.82, 2.24) is 4.31 Å². The number of esters is 1. The Morgan fingerprint density at radius 2 is 1.58 bits per heavy atom. The molecule has 36 heavy (non-hydrogen) atoms. The molecule has 0 aromatic heterocycles. The Kier molecular flexibility index (Phi) is 7.49. The summed E-state index contributed by atoms with van der Waals surface area (Å²) in [5.74, 6) is -1.66. The van der Waals surface area contributed by atoms with E-state index >= 15 is 0 Å². The number of hydrogen-bond acceptors (Lipinski definition) is 6. The van der Waals surface area contributed by atoms with Gasteiger partial charge in [0.05, 0.1) is 29.7 Å². The lowest BCUT2D eigenvalue weighted by Gasteiger charge is -2.40. The number of carbonyl (C=O) groups excluding carboxylic acids is 3. The summed E-state index contributed by atoms with van der Waals surface area (Å²) in [7, 11) is -2.91. The molecule has 1 fully saturated rings. The van der Waals surface area contributed by atoms with Crippen molar-refractivity contribution in [1.29, 1.82) is 0 Å². The van der Waals surface area contributed by atoms with Crippen molar-refractivity contribution in [2.24, 2.45) is 0 Å². The average Bonchev–Trinajstić information content (AvgIpc) is 3.10. The summed E-state index contributed by atoms with van der Waals surface area (Å²) in [5.41, 5.74) is 2.53. The largest absolute Gasteiger partial charge is 0.465 e. The van der Waals surface area contributed by atoms with Gasteiger partial charge in [-0.05, 0) is 94.5 Å². The molecule has 1 atom stereocenters. The minimum absolute atomic E-state index is 0.183. The normalized spacial score (nSPS) is 16.7. The van der Waals surface area contributed by atoms with E-state index in [2.05, 4.69) is 0 Å². The summed E-state index contributed by atoms with van der Waals surface area (Å²) in [5, 5.41) is 0. The van der Waals surface area contributed by atoms with Crippen molar-refractivity contribution in [2.75, 3.05) is 12.0 Å². The van der Waals surface area contributed by atoms with Gasteiger partial charge in [-0.2, -0.15) is 4.31 Å². The lowest BCUT2D eigenvalue weighted by Crippen LogP contribution is -2.55. The van der Waals surface area contributed by atoms with Crippen molar-refractivity contribution in [2.45, 2.75) is 77.8 Å². The van der Waals surface area contributed by atoms with Crippen LogP contribution in [0.5, 0.6) is 0 Å². The molecule has 3 rings (SSSR count). The fourth-order valence-electron chi connectivity index (χ4n) is 4.67. The Morgan fingerprint density at radius 3 is 2.06 bits per heavy atom. The monoisotopic (exact) mass is 514 g/mol. The number of amides is 2. The van der Waals surface area contributed by atoms with E-state index < -0.39 is 39.4 Å². The summed E-state index contributed by atoms with van der Waals surface area (Å²) in [6.07, 6.45) is 0.157. The van der Waals surface area contributed by atoms with Crippen LogP contribution >= 0.6 is 0 Å². The molecular weight excluding hydrogens is 480 g/mol. The molecule has 1 saturated heterocycles. The van der Waals surface area contributed by atoms with Crippen molar-refractivity contribution in [3.8, 4) is 0 Å². The number of nitrogens with zero attached hydrogens (tertiary/aromatic N) is 2. The molecule has 0 aliphatic carbocycles. The van der Waals surface area contributed by atoms with E-state index in [1.165, 1.54) is 35.7 Å². The van der Waals surface area contributed by atoms with Crippen molar-refractivity contribution < 1.29 is 27.5 Å². The highest BCUT2D eigenvalue weighted by Gasteiger charge is 2.52. The van der Waals surface area contributed by atoms with Crippen molar-refractivity contribution in [3.05, 3.63) is 58.1 Å². The topological polar surface area (TPSA) is 101 Å². The molecule has 9 heteroatoms. The zero-order valence-electron chi connectivity index (χ0n) is 22.1. The first-order valence-electron chi connectivity index (χ1n) is 11.9. The van der Waals surface area contributed by atoms with Crippen LogP contribution in [0.1, 0.15) is 66.2 Å². The van der Waals surface area contributed by atoms with Crippen LogP contribution in [0.25, 0.3) is 0 Å². The van der Waals surface area contributed by atoms with E-state index in [4.69, 9.17) is 4.74 Å². The van der Waals surface area contributed by atoms with E-state index in [0.717, 1.165) is 16.0 Å². The minimum Gasteiger partial charge on any atom is -0.465 e. The predicted octanol–water partition coefficient (Wildman–Crippen LogP) is 4.22. The first-order chi connectivity index (χ1) is 16.7. The van der Waals surface area contributed by atoms with E-state index in [9.17, 15) is 22.8 Å². The van der Waals surface area contributed by atoms with Crippen LogP contribution in [0.4, 0.5) is 5.69 Å². The molecule has 0 saturated carbocycles. The van der Waals surface area contributed by atoms with Gasteiger partial charge in [-0.25, -0.2) is 18.1 Å². The summed E-state index contributed by atoms with van der Waals surface area (Å²) >= 11 is 0. The van der Waals surface area contributed by atoms with E-state index in [1.54, 1.807) is 27.7 Å². The number of hydrogen-bond donors (Lipinski definition) is 0. The molecule has 1 heterocycles. The second kappa shape index (κ2) is 9.78. The van der Waals surface area contributed by atoms with Gasteiger partial charge in [-0.3, -0.25) is 9.59 Å². The molecule has 0 N–H and O–H groups in total. The van der Waals surface area contributed by atoms with Gasteiger partial charge in [0, 0.05) is 5.54 Å². The van der Waals surface area contributed by atoms with Crippen LogP contribution in [-0.2, 0) is 24.3 Å². The number of sulfonamides is 1. The maximum Gasteiger partial charge on any atom is 0.337 e. The number of imide groups is 1. The van der Waals surface area contributed by atoms with Gasteiger partial charge in [0.25, 0.3) is 5.91 Å². The molecule has 1 aliphatic heterocycles. The fourth-order valence-corrected chi connectivity index (χ4v) is 7.24. The zero-order chi connectivity index (χ0) is 27.2. The minimum atomic E-state index is -4.17. The number of methoxy groups -OCH3 is 1. The van der Waals surface area contributed by atoms with Gasteiger partial charge in [-0.15, -0.1) is 0 Å². The van der Waals surface area contributed by atoms with E-state index in [-0.39, 0.29) is 22.6 Å². The number of aryl methyl sites for hydroxylation is 2. The summed E-state index contributed by atoms with van der Waals surface area (Å²) in [6, 6.07) is 6.63. The highest BCUT2D eigenvalue weighted by molar-refractivity contribution is 7.89. The van der Waals surface area contributed by atoms with E-state index in [0.29, 0.717) is 17.5 Å². The van der Waals surface area contributed by atoms with Crippen molar-refractivity contribution in [3.63, 3.8) is 0 Å². The standard InChI is InChI=1S/C27H34N2O6S/c1-9-27(6,7)29(36(33,34)24-18(4)16(2)14-17(3)19(24)5)22-15-23(30)28(25(22)31)21-12-10-20(11-13-21)26(32)35-8/h10-14,22H,9,15H2,1-8H3. The molecule has 1 aliphatic rings. The SMILES string of the molecule is CCC(C)(C)N(C1CC(=O)N(c2ccc(C(=O)OC)cc2)C1=O)S(=O)(=O)c1c(C)c(C)cc(C)c1C. The third-order valence-corrected chi connectivity index (χ3v) is 9.62. The summed E-state index contributed by atoms with van der Waals surface area (Å²) in [4.78, 5) is 39.7. The molecule has 2 amide bonds. The molecule has 0 spiro atoms. The lowest BCUT2D eigenvalue weighted by atomic mass is 10.00. The van der Waals surface area contributed by atoms with Gasteiger partial charge in [0.15, 0.2) is 0 Å². The summed E-state index contributed by atoms with van der Waals surface area (Å²) in [6.45, 7) is 12.6. The first kappa shape index (κ1) is 27.5. The van der Waals surface area contributed by atoms with Crippen molar-refractivity contribution >= 4 is 33.5 Å². The highest BCUT2D eigenvalue weighted by Crippen LogP contribution is 2.38. The Morgan fingerprint density at radius 1 is 1.06 bits per heavy atom. The highest BCUT2D eigenvalue weighted by atomic mass is 32.2. The smallest absolute Gasteiger partial charge is 0.337 e. The predicted molar refractivity (Wildman–Crippen MR) is 137 cm³/mol.